The Labute approximate surface area is 102 Å². The number of nitrogens with zero attached hydrogens (tertiary/aromatic N) is 1. The van der Waals surface area contributed by atoms with E-state index in [9.17, 15) is 4.79 Å². The lowest BCUT2D eigenvalue weighted by Crippen LogP contribution is -2.42. The van der Waals surface area contributed by atoms with Crippen LogP contribution in [0.15, 0.2) is 0 Å². The Hall–Kier alpha value is -0.680. The molecule has 0 spiro atoms. The quantitative estimate of drug-likeness (QED) is 0.644. The van der Waals surface area contributed by atoms with Gasteiger partial charge in [-0.05, 0) is 32.1 Å². The first-order chi connectivity index (χ1) is 7.34. The normalized spacial score (nSPS) is 17.8. The van der Waals surface area contributed by atoms with Gasteiger partial charge in [0.15, 0.2) is 0 Å². The van der Waals surface area contributed by atoms with E-state index < -0.39 is 0 Å². The number of hydrogen-bond acceptors (Lipinski definition) is 3. The van der Waals surface area contributed by atoms with Crippen LogP contribution >= 0.6 is 12.2 Å². The number of carbonyl (C=O) groups excluding carboxylic acids is 1. The highest BCUT2D eigenvalue weighted by Crippen LogP contribution is 2.49. The molecule has 0 atom stereocenters. The second-order valence-electron chi connectivity index (χ2n) is 5.11. The summed E-state index contributed by atoms with van der Waals surface area (Å²) in [5, 5.41) is 0. The smallest absolute Gasteiger partial charge is 0.231 e. The molecule has 0 unspecified atom stereocenters. The van der Waals surface area contributed by atoms with Crippen molar-refractivity contribution in [3.05, 3.63) is 0 Å². The number of carbonyl (C=O) groups is 1. The highest BCUT2D eigenvalue weighted by Gasteiger charge is 2.44. The Morgan fingerprint density at radius 1 is 1.44 bits per heavy atom. The summed E-state index contributed by atoms with van der Waals surface area (Å²) in [6.45, 7) is 5.32. The van der Waals surface area contributed by atoms with Crippen molar-refractivity contribution >= 4 is 23.1 Å². The molecule has 0 heterocycles. The fraction of sp³-hybridized carbons (Fsp3) is 0.818. The molecule has 0 aliphatic heterocycles. The van der Waals surface area contributed by atoms with Gasteiger partial charge in [0.2, 0.25) is 5.91 Å². The molecule has 5 heteroatoms. The molecular weight excluding hydrogens is 222 g/mol. The van der Waals surface area contributed by atoms with Crippen LogP contribution < -0.4 is 11.5 Å². The zero-order valence-electron chi connectivity index (χ0n) is 10.0. The first-order valence-electron chi connectivity index (χ1n) is 5.65. The van der Waals surface area contributed by atoms with Crippen molar-refractivity contribution in [2.24, 2.45) is 16.9 Å². The standard InChI is InChI=1S/C11H21N3OS/c1-8(2)14(6-9(12)15)7-11(3-4-11)5-10(13)16/h8H,3-7H2,1-2H3,(H2,12,15)(H2,13,16). The average Bonchev–Trinajstić information content (AvgIpc) is 2.81. The van der Waals surface area contributed by atoms with Crippen LogP contribution in [0.3, 0.4) is 0 Å². The van der Waals surface area contributed by atoms with Crippen LogP contribution in [0.1, 0.15) is 33.1 Å². The molecule has 4 nitrogen and oxygen atoms in total. The largest absolute Gasteiger partial charge is 0.393 e. The van der Waals surface area contributed by atoms with E-state index >= 15 is 0 Å². The molecule has 16 heavy (non-hydrogen) atoms. The Bertz CT molecular complexity index is 287. The predicted molar refractivity (Wildman–Crippen MR) is 69.0 cm³/mol. The van der Waals surface area contributed by atoms with E-state index in [0.29, 0.717) is 17.6 Å². The Morgan fingerprint density at radius 2 is 2.00 bits per heavy atom. The summed E-state index contributed by atoms with van der Waals surface area (Å²) in [5.41, 5.74) is 11.0. The van der Waals surface area contributed by atoms with Crippen molar-refractivity contribution in [3.63, 3.8) is 0 Å². The molecule has 1 aliphatic carbocycles. The highest BCUT2D eigenvalue weighted by molar-refractivity contribution is 7.80. The van der Waals surface area contributed by atoms with Crippen LogP contribution in [0.4, 0.5) is 0 Å². The van der Waals surface area contributed by atoms with Crippen molar-refractivity contribution in [1.82, 2.24) is 4.90 Å². The predicted octanol–water partition coefficient (Wildman–Crippen LogP) is 0.638. The van der Waals surface area contributed by atoms with Crippen LogP contribution in [0, 0.1) is 5.41 Å². The molecule has 1 saturated carbocycles. The number of nitrogens with two attached hydrogens (primary N) is 2. The summed E-state index contributed by atoms with van der Waals surface area (Å²) in [5.74, 6) is -0.278. The fourth-order valence-corrected chi connectivity index (χ4v) is 2.30. The summed E-state index contributed by atoms with van der Waals surface area (Å²) in [7, 11) is 0. The summed E-state index contributed by atoms with van der Waals surface area (Å²) in [6, 6.07) is 0.316. The van der Waals surface area contributed by atoms with Crippen molar-refractivity contribution in [2.45, 2.75) is 39.2 Å². The fourth-order valence-electron chi connectivity index (χ4n) is 1.99. The van der Waals surface area contributed by atoms with E-state index in [1.165, 1.54) is 0 Å². The van der Waals surface area contributed by atoms with E-state index in [0.717, 1.165) is 25.8 Å². The Morgan fingerprint density at radius 3 is 2.31 bits per heavy atom. The number of amides is 1. The van der Waals surface area contributed by atoms with Crippen LogP contribution in [0.2, 0.25) is 0 Å². The monoisotopic (exact) mass is 243 g/mol. The molecule has 1 amide bonds. The molecule has 0 aromatic heterocycles. The number of hydrogen-bond donors (Lipinski definition) is 2. The van der Waals surface area contributed by atoms with Gasteiger partial charge >= 0.3 is 0 Å². The molecule has 0 aromatic rings. The lowest BCUT2D eigenvalue weighted by atomic mass is 10.0. The van der Waals surface area contributed by atoms with Crippen LogP contribution in [-0.4, -0.2) is 34.9 Å². The molecule has 4 N–H and O–H groups in total. The van der Waals surface area contributed by atoms with Gasteiger partial charge in [0.25, 0.3) is 0 Å². The van der Waals surface area contributed by atoms with Crippen LogP contribution in [0.5, 0.6) is 0 Å². The minimum Gasteiger partial charge on any atom is -0.393 e. The summed E-state index contributed by atoms with van der Waals surface area (Å²) < 4.78 is 0. The van der Waals surface area contributed by atoms with Crippen molar-refractivity contribution < 1.29 is 4.79 Å². The molecule has 0 aromatic carbocycles. The van der Waals surface area contributed by atoms with Gasteiger partial charge in [0.1, 0.15) is 0 Å². The number of rotatable bonds is 7. The van der Waals surface area contributed by atoms with Crippen molar-refractivity contribution in [2.75, 3.05) is 13.1 Å². The van der Waals surface area contributed by atoms with Crippen molar-refractivity contribution in [3.8, 4) is 0 Å². The Kier molecular flexibility index (Phi) is 4.27. The highest BCUT2D eigenvalue weighted by atomic mass is 32.1. The molecule has 0 bridgehead atoms. The molecule has 0 radical (unpaired) electrons. The van der Waals surface area contributed by atoms with Gasteiger partial charge in [0.05, 0.1) is 11.5 Å². The maximum atomic E-state index is 11.0. The van der Waals surface area contributed by atoms with Gasteiger partial charge in [-0.15, -0.1) is 0 Å². The minimum atomic E-state index is -0.278. The van der Waals surface area contributed by atoms with E-state index in [1.807, 2.05) is 0 Å². The summed E-state index contributed by atoms with van der Waals surface area (Å²) in [4.78, 5) is 13.6. The number of primary amides is 1. The summed E-state index contributed by atoms with van der Waals surface area (Å²) in [6.07, 6.45) is 3.07. The Balaban J connectivity index is 2.54. The second-order valence-corrected chi connectivity index (χ2v) is 5.63. The summed E-state index contributed by atoms with van der Waals surface area (Å²) >= 11 is 4.96. The number of thiocarbonyl (C=S) groups is 1. The van der Waals surface area contributed by atoms with E-state index in [1.54, 1.807) is 0 Å². The lowest BCUT2D eigenvalue weighted by molar-refractivity contribution is -0.119. The third-order valence-corrected chi connectivity index (χ3v) is 3.28. The maximum absolute atomic E-state index is 11.0. The first kappa shape index (κ1) is 13.4. The van der Waals surface area contributed by atoms with Gasteiger partial charge in [0, 0.05) is 19.0 Å². The first-order valence-corrected chi connectivity index (χ1v) is 6.06. The zero-order valence-corrected chi connectivity index (χ0v) is 10.8. The van der Waals surface area contributed by atoms with Crippen LogP contribution in [0.25, 0.3) is 0 Å². The van der Waals surface area contributed by atoms with E-state index in [2.05, 4.69) is 18.7 Å². The lowest BCUT2D eigenvalue weighted by Gasteiger charge is -2.29. The molecule has 0 saturated heterocycles. The average molecular weight is 243 g/mol. The molecule has 1 aliphatic rings. The zero-order chi connectivity index (χ0) is 12.3. The molecular formula is C11H21N3OS. The molecule has 1 rings (SSSR count). The third kappa shape index (κ3) is 4.06. The third-order valence-electron chi connectivity index (χ3n) is 3.13. The van der Waals surface area contributed by atoms with Gasteiger partial charge < -0.3 is 11.5 Å². The topological polar surface area (TPSA) is 72.3 Å². The maximum Gasteiger partial charge on any atom is 0.231 e. The SMILES string of the molecule is CC(C)N(CC(N)=O)CC1(CC(N)=S)CC1. The van der Waals surface area contributed by atoms with E-state index in [-0.39, 0.29) is 11.3 Å². The van der Waals surface area contributed by atoms with Gasteiger partial charge in [-0.2, -0.15) is 0 Å². The van der Waals surface area contributed by atoms with Crippen molar-refractivity contribution in [1.29, 1.82) is 0 Å². The minimum absolute atomic E-state index is 0.214. The molecule has 92 valence electrons. The van der Waals surface area contributed by atoms with Gasteiger partial charge in [-0.3, -0.25) is 9.69 Å². The van der Waals surface area contributed by atoms with E-state index in [4.69, 9.17) is 23.7 Å². The van der Waals surface area contributed by atoms with Gasteiger partial charge in [-0.25, -0.2) is 0 Å². The van der Waals surface area contributed by atoms with Gasteiger partial charge in [-0.1, -0.05) is 12.2 Å². The second kappa shape index (κ2) is 5.10. The molecule has 1 fully saturated rings. The van der Waals surface area contributed by atoms with Crippen LogP contribution in [-0.2, 0) is 4.79 Å².